The summed E-state index contributed by atoms with van der Waals surface area (Å²) in [6.45, 7) is 1.78. The van der Waals surface area contributed by atoms with Crippen LogP contribution in [0.3, 0.4) is 0 Å². The Kier molecular flexibility index (Phi) is 6.37. The summed E-state index contributed by atoms with van der Waals surface area (Å²) in [6.07, 6.45) is 0. The summed E-state index contributed by atoms with van der Waals surface area (Å²) in [4.78, 5) is 10.4. The molecule has 0 aliphatic heterocycles. The molecule has 0 saturated carbocycles. The topological polar surface area (TPSA) is 102 Å². The molecular weight excluding hydrogens is 194 g/mol. The van der Waals surface area contributed by atoms with Crippen LogP contribution in [0.25, 0.3) is 0 Å². The molecule has 0 aliphatic rings. The fraction of sp³-hybridized carbons (Fsp3) is 0.200. The zero-order valence-electron chi connectivity index (χ0n) is 8.57. The van der Waals surface area contributed by atoms with Gasteiger partial charge in [0.2, 0.25) is 0 Å². The average Bonchev–Trinajstić information content (AvgIpc) is 2.15. The molecule has 0 amide bonds. The van der Waals surface area contributed by atoms with E-state index >= 15 is 0 Å². The highest BCUT2D eigenvalue weighted by Crippen LogP contribution is 1.99. The van der Waals surface area contributed by atoms with Gasteiger partial charge in [-0.15, -0.1) is 0 Å². The molecule has 5 heteroatoms. The molecule has 0 fully saturated rings. The Morgan fingerprint density at radius 1 is 1.33 bits per heavy atom. The number of ether oxygens (including phenoxy) is 1. The number of guanidine groups is 1. The van der Waals surface area contributed by atoms with E-state index in [1.165, 1.54) is 6.92 Å². The summed E-state index contributed by atoms with van der Waals surface area (Å²) in [7, 11) is 0. The van der Waals surface area contributed by atoms with Gasteiger partial charge in [0.05, 0.1) is 0 Å². The third kappa shape index (κ3) is 9.88. The second-order valence-electron chi connectivity index (χ2n) is 2.72. The summed E-state index contributed by atoms with van der Waals surface area (Å²) in [5.41, 5.74) is 9.96. The molecule has 0 unspecified atom stereocenters. The van der Waals surface area contributed by atoms with Crippen molar-refractivity contribution in [2.45, 2.75) is 13.5 Å². The molecule has 1 aromatic rings. The number of esters is 1. The highest BCUT2D eigenvalue weighted by molar-refractivity contribution is 5.71. The summed E-state index contributed by atoms with van der Waals surface area (Å²) in [6, 6.07) is 9.60. The monoisotopic (exact) mass is 209 g/mol. The lowest BCUT2D eigenvalue weighted by Gasteiger charge is -1.99. The van der Waals surface area contributed by atoms with E-state index in [2.05, 4.69) is 11.5 Å². The van der Waals surface area contributed by atoms with Crippen LogP contribution in [0.4, 0.5) is 0 Å². The molecule has 1 aromatic carbocycles. The first-order chi connectivity index (χ1) is 7.02. The molecule has 0 saturated heterocycles. The van der Waals surface area contributed by atoms with Gasteiger partial charge >= 0.3 is 5.97 Å². The van der Waals surface area contributed by atoms with Crippen molar-refractivity contribution in [3.05, 3.63) is 35.9 Å². The van der Waals surface area contributed by atoms with Gasteiger partial charge in [-0.2, -0.15) is 0 Å². The van der Waals surface area contributed by atoms with Crippen molar-refractivity contribution in [2.75, 3.05) is 0 Å². The Labute approximate surface area is 88.5 Å². The number of nitrogens with one attached hydrogen (secondary N) is 1. The number of hydrogen-bond acceptors (Lipinski definition) is 3. The van der Waals surface area contributed by atoms with E-state index in [4.69, 9.17) is 10.1 Å². The van der Waals surface area contributed by atoms with Crippen LogP contribution in [0.2, 0.25) is 0 Å². The van der Waals surface area contributed by atoms with Gasteiger partial charge in [0, 0.05) is 6.92 Å². The van der Waals surface area contributed by atoms with Crippen LogP contribution in [-0.2, 0) is 16.1 Å². The quantitative estimate of drug-likeness (QED) is 0.377. The van der Waals surface area contributed by atoms with E-state index in [9.17, 15) is 4.79 Å². The lowest BCUT2D eigenvalue weighted by molar-refractivity contribution is -0.142. The minimum absolute atomic E-state index is 0.242. The predicted molar refractivity (Wildman–Crippen MR) is 58.0 cm³/mol. The van der Waals surface area contributed by atoms with Crippen molar-refractivity contribution in [2.24, 2.45) is 11.5 Å². The summed E-state index contributed by atoms with van der Waals surface area (Å²) >= 11 is 0. The molecule has 0 bridgehead atoms. The largest absolute Gasteiger partial charge is 0.461 e. The molecule has 0 spiro atoms. The predicted octanol–water partition coefficient (Wildman–Crippen LogP) is 0.588. The third-order valence-electron chi connectivity index (χ3n) is 1.28. The molecule has 15 heavy (non-hydrogen) atoms. The fourth-order valence-electron chi connectivity index (χ4n) is 0.759. The van der Waals surface area contributed by atoms with Crippen molar-refractivity contribution in [1.29, 1.82) is 5.41 Å². The van der Waals surface area contributed by atoms with Crippen molar-refractivity contribution >= 4 is 11.9 Å². The van der Waals surface area contributed by atoms with Crippen LogP contribution in [0.5, 0.6) is 0 Å². The van der Waals surface area contributed by atoms with Gasteiger partial charge in [-0.3, -0.25) is 10.2 Å². The molecule has 5 nitrogen and oxygen atoms in total. The maximum Gasteiger partial charge on any atom is 0.302 e. The van der Waals surface area contributed by atoms with Gasteiger partial charge in [0.15, 0.2) is 5.96 Å². The van der Waals surface area contributed by atoms with Gasteiger partial charge in [-0.05, 0) is 5.56 Å². The van der Waals surface area contributed by atoms with Gasteiger partial charge in [0.25, 0.3) is 0 Å². The van der Waals surface area contributed by atoms with Crippen molar-refractivity contribution in [3.8, 4) is 0 Å². The number of hydrogen-bond donors (Lipinski definition) is 3. The van der Waals surface area contributed by atoms with Crippen LogP contribution >= 0.6 is 0 Å². The zero-order valence-corrected chi connectivity index (χ0v) is 8.57. The molecule has 0 heterocycles. The SMILES string of the molecule is CC(=O)OCc1ccccc1.N=C(N)N. The second-order valence-corrected chi connectivity index (χ2v) is 2.72. The average molecular weight is 209 g/mol. The van der Waals surface area contributed by atoms with E-state index in [1.54, 1.807) is 0 Å². The van der Waals surface area contributed by atoms with Crippen LogP contribution < -0.4 is 11.5 Å². The second kappa shape index (κ2) is 7.37. The van der Waals surface area contributed by atoms with Gasteiger partial charge in [-0.25, -0.2) is 0 Å². The van der Waals surface area contributed by atoms with E-state index in [0.29, 0.717) is 6.61 Å². The van der Waals surface area contributed by atoms with Crippen molar-refractivity contribution in [3.63, 3.8) is 0 Å². The molecule has 82 valence electrons. The lowest BCUT2D eigenvalue weighted by atomic mass is 10.2. The molecule has 0 radical (unpaired) electrons. The van der Waals surface area contributed by atoms with Crippen LogP contribution in [-0.4, -0.2) is 11.9 Å². The number of rotatable bonds is 2. The smallest absolute Gasteiger partial charge is 0.302 e. The standard InChI is InChI=1S/C9H10O2.CH5N3/c1-8(10)11-7-9-5-3-2-4-6-9;2-1(3)4/h2-6H,7H2,1H3;(H5,2,3,4). The molecule has 5 N–H and O–H groups in total. The number of nitrogens with two attached hydrogens (primary N) is 2. The van der Waals surface area contributed by atoms with E-state index in [1.807, 2.05) is 30.3 Å². The molecule has 0 atom stereocenters. The molecular formula is C10H15N3O2. The first-order valence-electron chi connectivity index (χ1n) is 4.29. The fourth-order valence-corrected chi connectivity index (χ4v) is 0.759. The zero-order chi connectivity index (χ0) is 11.7. The third-order valence-corrected chi connectivity index (χ3v) is 1.28. The highest BCUT2D eigenvalue weighted by Gasteiger charge is 1.93. The van der Waals surface area contributed by atoms with Crippen molar-refractivity contribution in [1.82, 2.24) is 0 Å². The molecule has 1 rings (SSSR count). The normalized spacial score (nSPS) is 8.33. The Balaban J connectivity index is 0.000000423. The van der Waals surface area contributed by atoms with Crippen LogP contribution in [0.1, 0.15) is 12.5 Å². The minimum atomic E-state index is -0.333. The van der Waals surface area contributed by atoms with Gasteiger partial charge < -0.3 is 16.2 Å². The summed E-state index contributed by atoms with van der Waals surface area (Å²) in [5.74, 6) is -0.575. The highest BCUT2D eigenvalue weighted by atomic mass is 16.5. The Morgan fingerprint density at radius 2 is 1.80 bits per heavy atom. The first kappa shape index (κ1) is 13.0. The summed E-state index contributed by atoms with van der Waals surface area (Å²) in [5, 5.41) is 6.06. The Bertz CT molecular complexity index is 308. The molecule has 0 aromatic heterocycles. The van der Waals surface area contributed by atoms with Gasteiger partial charge in [-0.1, -0.05) is 30.3 Å². The van der Waals surface area contributed by atoms with E-state index in [0.717, 1.165) is 5.56 Å². The number of carbonyl (C=O) groups excluding carboxylic acids is 1. The first-order valence-corrected chi connectivity index (χ1v) is 4.29. The lowest BCUT2D eigenvalue weighted by Crippen LogP contribution is -2.20. The number of carbonyl (C=O) groups is 1. The van der Waals surface area contributed by atoms with Crippen LogP contribution in [0, 0.1) is 5.41 Å². The maximum atomic E-state index is 10.4. The van der Waals surface area contributed by atoms with E-state index < -0.39 is 0 Å². The minimum Gasteiger partial charge on any atom is -0.461 e. The van der Waals surface area contributed by atoms with Gasteiger partial charge in [0.1, 0.15) is 6.61 Å². The maximum absolute atomic E-state index is 10.4. The van der Waals surface area contributed by atoms with E-state index in [-0.39, 0.29) is 11.9 Å². The Hall–Kier alpha value is -2.04. The van der Waals surface area contributed by atoms with Crippen molar-refractivity contribution < 1.29 is 9.53 Å². The summed E-state index contributed by atoms with van der Waals surface area (Å²) < 4.78 is 4.79. The number of benzene rings is 1. The Morgan fingerprint density at radius 3 is 2.20 bits per heavy atom. The van der Waals surface area contributed by atoms with Crippen LogP contribution in [0.15, 0.2) is 30.3 Å². The molecule has 0 aliphatic carbocycles.